The third-order valence-corrected chi connectivity index (χ3v) is 5.66. The quantitative estimate of drug-likeness (QED) is 0.655. The molecule has 1 aromatic heterocycles. The van der Waals surface area contributed by atoms with Gasteiger partial charge in [-0.3, -0.25) is 9.78 Å². The molecule has 3 N–H and O–H groups in total. The van der Waals surface area contributed by atoms with E-state index in [1.165, 1.54) is 12.3 Å². The minimum Gasteiger partial charge on any atom is -0.495 e. The summed E-state index contributed by atoms with van der Waals surface area (Å²) in [5, 5.41) is 3.77. The van der Waals surface area contributed by atoms with Crippen molar-refractivity contribution in [1.29, 1.82) is 0 Å². The summed E-state index contributed by atoms with van der Waals surface area (Å²) in [6, 6.07) is 8.55. The van der Waals surface area contributed by atoms with Crippen LogP contribution in [0.3, 0.4) is 0 Å². The third-order valence-electron chi connectivity index (χ3n) is 5.66. The maximum Gasteiger partial charge on any atom is 0.252 e. The zero-order valence-electron chi connectivity index (χ0n) is 17.9. The summed E-state index contributed by atoms with van der Waals surface area (Å²) < 4.78 is 20.1. The first-order chi connectivity index (χ1) is 14.9. The molecular formula is C23H26FN5O2. The minimum atomic E-state index is -0.637. The highest BCUT2D eigenvalue weighted by Crippen LogP contribution is 2.38. The number of anilines is 3. The largest absolute Gasteiger partial charge is 0.495 e. The van der Waals surface area contributed by atoms with Crippen LogP contribution in [0.15, 0.2) is 36.5 Å². The molecule has 0 bridgehead atoms. The highest BCUT2D eigenvalue weighted by Gasteiger charge is 2.22. The number of pyridine rings is 1. The van der Waals surface area contributed by atoms with Gasteiger partial charge in [0.25, 0.3) is 5.91 Å². The number of aryl methyl sites for hydroxylation is 1. The lowest BCUT2D eigenvalue weighted by molar-refractivity contribution is 0.100. The average molecular weight is 423 g/mol. The van der Waals surface area contributed by atoms with E-state index in [4.69, 9.17) is 10.5 Å². The summed E-state index contributed by atoms with van der Waals surface area (Å²) in [7, 11) is 3.72. The van der Waals surface area contributed by atoms with Crippen LogP contribution in [0.25, 0.3) is 10.9 Å². The van der Waals surface area contributed by atoms with Gasteiger partial charge in [-0.05, 0) is 37.7 Å². The molecule has 0 aliphatic carbocycles. The molecule has 0 saturated carbocycles. The van der Waals surface area contributed by atoms with E-state index >= 15 is 0 Å². The Kier molecular flexibility index (Phi) is 5.65. The lowest BCUT2D eigenvalue weighted by Gasteiger charge is -2.35. The van der Waals surface area contributed by atoms with E-state index in [9.17, 15) is 9.18 Å². The number of carbonyl (C=O) groups excluding carboxylic acids is 1. The van der Waals surface area contributed by atoms with Crippen LogP contribution in [0.2, 0.25) is 0 Å². The number of fused-ring (bicyclic) bond motifs is 1. The Morgan fingerprint density at radius 1 is 1.19 bits per heavy atom. The fourth-order valence-corrected chi connectivity index (χ4v) is 3.86. The van der Waals surface area contributed by atoms with Crippen LogP contribution < -0.4 is 20.7 Å². The molecule has 0 atom stereocenters. The van der Waals surface area contributed by atoms with Crippen LogP contribution in [0.1, 0.15) is 15.9 Å². The molecule has 7 nitrogen and oxygen atoms in total. The number of halogens is 1. The highest BCUT2D eigenvalue weighted by atomic mass is 19.1. The molecule has 31 heavy (non-hydrogen) atoms. The molecule has 1 saturated heterocycles. The van der Waals surface area contributed by atoms with Gasteiger partial charge < -0.3 is 25.6 Å². The number of hydrogen-bond donors (Lipinski definition) is 2. The lowest BCUT2D eigenvalue weighted by Crippen LogP contribution is -2.44. The summed E-state index contributed by atoms with van der Waals surface area (Å²) in [5.41, 5.74) is 8.94. The number of rotatable bonds is 5. The van der Waals surface area contributed by atoms with Crippen molar-refractivity contribution in [2.45, 2.75) is 6.92 Å². The highest BCUT2D eigenvalue weighted by molar-refractivity contribution is 6.08. The number of nitrogens with two attached hydrogens (primary N) is 1. The smallest absolute Gasteiger partial charge is 0.252 e. The third kappa shape index (κ3) is 4.11. The zero-order chi connectivity index (χ0) is 22.1. The molecule has 4 rings (SSSR count). The van der Waals surface area contributed by atoms with Gasteiger partial charge in [-0.2, -0.15) is 0 Å². The average Bonchev–Trinajstić information content (AvgIpc) is 2.76. The molecule has 162 valence electrons. The van der Waals surface area contributed by atoms with Gasteiger partial charge in [0.1, 0.15) is 11.6 Å². The number of carbonyl (C=O) groups is 1. The molecule has 0 spiro atoms. The topological polar surface area (TPSA) is 83.7 Å². The molecule has 3 aromatic rings. The number of piperazine rings is 1. The van der Waals surface area contributed by atoms with E-state index in [1.54, 1.807) is 19.2 Å². The van der Waals surface area contributed by atoms with Crippen molar-refractivity contribution in [3.8, 4) is 5.75 Å². The summed E-state index contributed by atoms with van der Waals surface area (Å²) in [6.45, 7) is 5.43. The van der Waals surface area contributed by atoms with Crippen molar-refractivity contribution >= 4 is 33.9 Å². The van der Waals surface area contributed by atoms with Crippen LogP contribution in [-0.4, -0.2) is 56.1 Å². The van der Waals surface area contributed by atoms with Gasteiger partial charge in [0, 0.05) is 43.8 Å². The fourth-order valence-electron chi connectivity index (χ4n) is 3.86. The second-order valence-electron chi connectivity index (χ2n) is 7.85. The molecule has 2 aromatic carbocycles. The number of benzene rings is 2. The molecule has 0 unspecified atom stereocenters. The fraction of sp³-hybridized carbons (Fsp3) is 0.304. The summed E-state index contributed by atoms with van der Waals surface area (Å²) >= 11 is 0. The number of likely N-dealkylation sites (N-methyl/N-ethyl adjacent to an activating group) is 1. The molecule has 1 aliphatic heterocycles. The van der Waals surface area contributed by atoms with E-state index in [-0.39, 0.29) is 11.3 Å². The van der Waals surface area contributed by atoms with Gasteiger partial charge in [-0.1, -0.05) is 6.07 Å². The number of nitrogens with one attached hydrogen (secondary N) is 1. The van der Waals surface area contributed by atoms with Crippen molar-refractivity contribution < 1.29 is 13.9 Å². The second kappa shape index (κ2) is 8.39. The van der Waals surface area contributed by atoms with Crippen molar-refractivity contribution in [2.75, 3.05) is 50.6 Å². The van der Waals surface area contributed by atoms with Crippen LogP contribution >= 0.6 is 0 Å². The second-order valence-corrected chi connectivity index (χ2v) is 7.85. The number of aromatic nitrogens is 1. The predicted octanol–water partition coefficient (Wildman–Crippen LogP) is 3.29. The Morgan fingerprint density at radius 3 is 2.61 bits per heavy atom. The van der Waals surface area contributed by atoms with Crippen molar-refractivity contribution in [2.24, 2.45) is 5.73 Å². The number of methoxy groups -OCH3 is 1. The van der Waals surface area contributed by atoms with Crippen LogP contribution in [0.5, 0.6) is 5.75 Å². The van der Waals surface area contributed by atoms with Crippen molar-refractivity contribution in [3.63, 3.8) is 0 Å². The van der Waals surface area contributed by atoms with E-state index in [1.807, 2.05) is 19.1 Å². The Bertz CT molecular complexity index is 1140. The number of hydrogen-bond acceptors (Lipinski definition) is 6. The van der Waals surface area contributed by atoms with Gasteiger partial charge in [0.05, 0.1) is 35.3 Å². The lowest BCUT2D eigenvalue weighted by atomic mass is 10.1. The maximum absolute atomic E-state index is 14.5. The standard InChI is InChI=1S/C23H26FN5O2/c1-14-4-5-17(24)19(10-14)27-22-15-11-20(29-8-6-28(2)7-9-29)21(31-3)12-18(15)26-13-16(22)23(25)30/h4-5,10-13H,6-9H2,1-3H3,(H2,25,30)(H,26,27). The Morgan fingerprint density at radius 2 is 1.94 bits per heavy atom. The summed E-state index contributed by atoms with van der Waals surface area (Å²) in [6.07, 6.45) is 1.41. The molecule has 1 fully saturated rings. The van der Waals surface area contributed by atoms with Gasteiger partial charge in [0.15, 0.2) is 0 Å². The Balaban J connectivity index is 1.89. The van der Waals surface area contributed by atoms with Crippen molar-refractivity contribution in [3.05, 3.63) is 53.5 Å². The Hall–Kier alpha value is -3.39. The predicted molar refractivity (Wildman–Crippen MR) is 121 cm³/mol. The summed E-state index contributed by atoms with van der Waals surface area (Å²) in [4.78, 5) is 21.1. The SMILES string of the molecule is COc1cc2ncc(C(N)=O)c(Nc3cc(C)ccc3F)c2cc1N1CCN(C)CC1. The van der Waals surface area contributed by atoms with Gasteiger partial charge in [-0.25, -0.2) is 4.39 Å². The molecular weight excluding hydrogens is 397 g/mol. The monoisotopic (exact) mass is 423 g/mol. The number of primary amides is 1. The van der Waals surface area contributed by atoms with E-state index < -0.39 is 11.7 Å². The normalized spacial score (nSPS) is 14.6. The first-order valence-corrected chi connectivity index (χ1v) is 10.1. The van der Waals surface area contributed by atoms with Crippen molar-refractivity contribution in [1.82, 2.24) is 9.88 Å². The van der Waals surface area contributed by atoms with Gasteiger partial charge >= 0.3 is 0 Å². The van der Waals surface area contributed by atoms with E-state index in [0.717, 1.165) is 37.4 Å². The van der Waals surface area contributed by atoms with Gasteiger partial charge in [-0.15, -0.1) is 0 Å². The van der Waals surface area contributed by atoms with E-state index in [2.05, 4.69) is 27.1 Å². The first-order valence-electron chi connectivity index (χ1n) is 10.1. The van der Waals surface area contributed by atoms with E-state index in [0.29, 0.717) is 22.3 Å². The van der Waals surface area contributed by atoms with Crippen LogP contribution in [0, 0.1) is 12.7 Å². The van der Waals surface area contributed by atoms with Gasteiger partial charge in [0.2, 0.25) is 0 Å². The number of nitrogens with zero attached hydrogens (tertiary/aromatic N) is 3. The first kappa shape index (κ1) is 20.9. The minimum absolute atomic E-state index is 0.197. The molecule has 8 heteroatoms. The zero-order valence-corrected chi connectivity index (χ0v) is 17.9. The molecule has 0 radical (unpaired) electrons. The number of amides is 1. The van der Waals surface area contributed by atoms with Crippen LogP contribution in [0.4, 0.5) is 21.5 Å². The molecule has 1 amide bonds. The Labute approximate surface area is 180 Å². The summed E-state index contributed by atoms with van der Waals surface area (Å²) in [5.74, 6) is -0.357. The van der Waals surface area contributed by atoms with Crippen LogP contribution in [-0.2, 0) is 0 Å². The molecule has 1 aliphatic rings. The number of ether oxygens (including phenoxy) is 1. The molecule has 2 heterocycles. The maximum atomic E-state index is 14.5.